The summed E-state index contributed by atoms with van der Waals surface area (Å²) in [5.74, 6) is 0.765. The van der Waals surface area contributed by atoms with E-state index >= 15 is 0 Å². The maximum atomic E-state index is 10.4. The summed E-state index contributed by atoms with van der Waals surface area (Å²) in [7, 11) is 0. The monoisotopic (exact) mass is 207 g/mol. The van der Waals surface area contributed by atoms with E-state index in [9.17, 15) is 4.79 Å². The third-order valence-corrected chi connectivity index (χ3v) is 2.60. The van der Waals surface area contributed by atoms with Gasteiger partial charge >= 0.3 is 0 Å². The topological polar surface area (TPSA) is 29.4 Å². The molecule has 0 spiro atoms. The van der Waals surface area contributed by atoms with E-state index in [0.29, 0.717) is 11.8 Å². The van der Waals surface area contributed by atoms with Crippen molar-refractivity contribution in [3.63, 3.8) is 0 Å². The van der Waals surface area contributed by atoms with Crippen LogP contribution in [0.2, 0.25) is 0 Å². The predicted octanol–water partition coefficient (Wildman–Crippen LogP) is 3.85. The highest BCUT2D eigenvalue weighted by Crippen LogP contribution is 2.26. The molecule has 0 fully saturated rings. The van der Waals surface area contributed by atoms with Gasteiger partial charge in [-0.1, -0.05) is 33.8 Å². The maximum Gasteiger partial charge on any atom is 0.240 e. The van der Waals surface area contributed by atoms with Crippen LogP contribution >= 0.6 is 0 Å². The van der Waals surface area contributed by atoms with Crippen LogP contribution in [0.25, 0.3) is 0 Å². The van der Waals surface area contributed by atoms with E-state index in [1.165, 1.54) is 0 Å². The van der Waals surface area contributed by atoms with Gasteiger partial charge in [-0.3, -0.25) is 0 Å². The first kappa shape index (κ1) is 13.9. The molecule has 0 aromatic carbocycles. The molecule has 0 rings (SSSR count). The first-order valence-corrected chi connectivity index (χ1v) is 5.40. The van der Waals surface area contributed by atoms with E-state index in [1.807, 2.05) is 19.9 Å². The summed E-state index contributed by atoms with van der Waals surface area (Å²) in [6, 6.07) is 0. The summed E-state index contributed by atoms with van der Waals surface area (Å²) in [4.78, 5) is 14.3. The van der Waals surface area contributed by atoms with Gasteiger partial charge in [-0.05, 0) is 36.8 Å². The molecule has 0 unspecified atom stereocenters. The van der Waals surface area contributed by atoms with Crippen molar-refractivity contribution >= 4 is 6.08 Å². The van der Waals surface area contributed by atoms with Crippen LogP contribution in [0.15, 0.2) is 27.9 Å². The Morgan fingerprint density at radius 1 is 1.20 bits per heavy atom. The molecular formula is C13H21NO. The van der Waals surface area contributed by atoms with Crippen molar-refractivity contribution in [3.8, 4) is 0 Å². The minimum Gasteiger partial charge on any atom is -0.211 e. The van der Waals surface area contributed by atoms with Crippen molar-refractivity contribution in [2.24, 2.45) is 16.8 Å². The Labute approximate surface area is 92.8 Å². The first-order chi connectivity index (χ1) is 6.95. The molecule has 0 N–H and O–H groups in total. The lowest BCUT2D eigenvalue weighted by atomic mass is 9.93. The third kappa shape index (κ3) is 3.85. The van der Waals surface area contributed by atoms with Gasteiger partial charge in [0.2, 0.25) is 6.08 Å². The molecule has 0 radical (unpaired) electrons. The second-order valence-corrected chi connectivity index (χ2v) is 4.29. The summed E-state index contributed by atoms with van der Waals surface area (Å²) in [6.07, 6.45) is 3.67. The molecule has 0 bridgehead atoms. The molecule has 0 saturated heterocycles. The number of rotatable bonds is 4. The fourth-order valence-electron chi connectivity index (χ4n) is 1.44. The zero-order valence-corrected chi connectivity index (χ0v) is 10.6. The van der Waals surface area contributed by atoms with Gasteiger partial charge in [0, 0.05) is 0 Å². The van der Waals surface area contributed by atoms with Crippen LogP contribution in [0.5, 0.6) is 0 Å². The summed E-state index contributed by atoms with van der Waals surface area (Å²) < 4.78 is 0. The fourth-order valence-corrected chi connectivity index (χ4v) is 1.44. The highest BCUT2D eigenvalue weighted by Gasteiger charge is 2.13. The molecule has 0 aliphatic rings. The fraction of sp³-hybridized carbons (Fsp3) is 0.615. The number of carbonyl (C=O) groups excluding carboxylic acids is 1. The van der Waals surface area contributed by atoms with E-state index in [4.69, 9.17) is 0 Å². The van der Waals surface area contributed by atoms with Gasteiger partial charge in [-0.25, -0.2) is 4.79 Å². The van der Waals surface area contributed by atoms with Gasteiger partial charge in [0.1, 0.15) is 0 Å². The third-order valence-electron chi connectivity index (χ3n) is 2.60. The molecule has 0 aliphatic heterocycles. The minimum atomic E-state index is 0.371. The molecule has 2 heteroatoms. The molecule has 0 aromatic heterocycles. The van der Waals surface area contributed by atoms with Crippen LogP contribution in [0, 0.1) is 11.8 Å². The summed E-state index contributed by atoms with van der Waals surface area (Å²) >= 11 is 0. The standard InChI is InChI=1S/C13H21NO/c1-7-12(10(4)5)13(14-8-15)11(6)9(2)3/h7,9-10H,1-6H3/b12-7-,13-11-. The second kappa shape index (κ2) is 6.36. The minimum absolute atomic E-state index is 0.371. The van der Waals surface area contributed by atoms with Crippen molar-refractivity contribution in [3.05, 3.63) is 22.9 Å². The van der Waals surface area contributed by atoms with Crippen LogP contribution in [0.1, 0.15) is 41.5 Å². The lowest BCUT2D eigenvalue weighted by Gasteiger charge is -2.15. The largest absolute Gasteiger partial charge is 0.240 e. The normalized spacial score (nSPS) is 14.0. The van der Waals surface area contributed by atoms with Gasteiger partial charge < -0.3 is 0 Å². The van der Waals surface area contributed by atoms with Gasteiger partial charge in [0.15, 0.2) is 0 Å². The highest BCUT2D eigenvalue weighted by molar-refractivity contribution is 5.45. The van der Waals surface area contributed by atoms with Crippen LogP contribution < -0.4 is 0 Å². The Kier molecular flexibility index (Phi) is 5.88. The van der Waals surface area contributed by atoms with E-state index in [2.05, 4.69) is 32.7 Å². The molecule has 0 atom stereocenters. The Bertz CT molecular complexity index is 315. The Hall–Kier alpha value is -1.14. The van der Waals surface area contributed by atoms with Crippen LogP contribution in [-0.4, -0.2) is 6.08 Å². The summed E-state index contributed by atoms with van der Waals surface area (Å²) in [5.41, 5.74) is 3.06. The SMILES string of the molecule is C/C=C(\C(N=C=O)=C(/C)C(C)C)C(C)C. The Morgan fingerprint density at radius 3 is 2.00 bits per heavy atom. The number of hydrogen-bond acceptors (Lipinski definition) is 2. The quantitative estimate of drug-likeness (QED) is 0.391. The van der Waals surface area contributed by atoms with E-state index in [-0.39, 0.29) is 0 Å². The van der Waals surface area contributed by atoms with Crippen molar-refractivity contribution in [2.75, 3.05) is 0 Å². The van der Waals surface area contributed by atoms with Crippen LogP contribution in [0.4, 0.5) is 0 Å². The summed E-state index contributed by atoms with van der Waals surface area (Å²) in [5, 5.41) is 0. The molecule has 84 valence electrons. The average Bonchev–Trinajstić information content (AvgIpc) is 2.15. The average molecular weight is 207 g/mol. The van der Waals surface area contributed by atoms with Crippen molar-refractivity contribution in [1.29, 1.82) is 0 Å². The zero-order valence-electron chi connectivity index (χ0n) is 10.6. The number of aliphatic imine (C=N–C) groups is 1. The van der Waals surface area contributed by atoms with Crippen molar-refractivity contribution < 1.29 is 4.79 Å². The maximum absolute atomic E-state index is 10.4. The smallest absolute Gasteiger partial charge is 0.211 e. The molecule has 2 nitrogen and oxygen atoms in total. The molecule has 15 heavy (non-hydrogen) atoms. The number of nitrogens with zero attached hydrogens (tertiary/aromatic N) is 1. The van der Waals surface area contributed by atoms with E-state index < -0.39 is 0 Å². The number of allylic oxidation sites excluding steroid dienone is 3. The number of hydrogen-bond donors (Lipinski definition) is 0. The second-order valence-electron chi connectivity index (χ2n) is 4.29. The highest BCUT2D eigenvalue weighted by atomic mass is 16.1. The van der Waals surface area contributed by atoms with Crippen LogP contribution in [0.3, 0.4) is 0 Å². The number of isocyanates is 1. The molecule has 0 heterocycles. The van der Waals surface area contributed by atoms with Gasteiger partial charge in [0.25, 0.3) is 0 Å². The van der Waals surface area contributed by atoms with Crippen molar-refractivity contribution in [2.45, 2.75) is 41.5 Å². The van der Waals surface area contributed by atoms with E-state index in [0.717, 1.165) is 16.8 Å². The van der Waals surface area contributed by atoms with E-state index in [1.54, 1.807) is 6.08 Å². The molecule has 0 amide bonds. The van der Waals surface area contributed by atoms with Gasteiger partial charge in [-0.2, -0.15) is 4.99 Å². The molecule has 0 aromatic rings. The van der Waals surface area contributed by atoms with Gasteiger partial charge in [-0.15, -0.1) is 0 Å². The predicted molar refractivity (Wildman–Crippen MR) is 64.3 cm³/mol. The van der Waals surface area contributed by atoms with Gasteiger partial charge in [0.05, 0.1) is 5.70 Å². The summed E-state index contributed by atoms with van der Waals surface area (Å²) in [6.45, 7) is 12.4. The zero-order chi connectivity index (χ0) is 12.0. The molecule has 0 saturated carbocycles. The lowest BCUT2D eigenvalue weighted by molar-refractivity contribution is 0.564. The Morgan fingerprint density at radius 2 is 1.73 bits per heavy atom. The lowest BCUT2D eigenvalue weighted by Crippen LogP contribution is -2.02. The molecule has 0 aliphatic carbocycles. The Balaban J connectivity index is 5.51. The first-order valence-electron chi connectivity index (χ1n) is 5.40. The van der Waals surface area contributed by atoms with Crippen LogP contribution in [-0.2, 0) is 4.79 Å². The molecular weight excluding hydrogens is 186 g/mol. The van der Waals surface area contributed by atoms with Crippen molar-refractivity contribution in [1.82, 2.24) is 0 Å².